The number of carbonyl (C=O) groups is 4. The Morgan fingerprint density at radius 2 is 0.500 bits per heavy atom. The Kier molecular flexibility index (Phi) is 29.6. The minimum atomic E-state index is -0.759. The molecule has 0 bridgehead atoms. The van der Waals surface area contributed by atoms with Crippen molar-refractivity contribution in [2.75, 3.05) is 0 Å². The van der Waals surface area contributed by atoms with Gasteiger partial charge in [0.05, 0.1) is 0 Å². The molecule has 0 saturated heterocycles. The van der Waals surface area contributed by atoms with Crippen LogP contribution in [0.25, 0.3) is 0 Å². The number of carboxylic acids is 4. The predicted molar refractivity (Wildman–Crippen MR) is 105 cm³/mol. The first-order valence-electron chi connectivity index (χ1n) is 9.13. The first-order chi connectivity index (χ1) is 12.3. The molecule has 0 aliphatic heterocycles. The zero-order chi connectivity index (χ0) is 20.2. The van der Waals surface area contributed by atoms with Crippen LogP contribution in [0.15, 0.2) is 0 Å². The number of carboxylic acid groups (broad SMARTS) is 4. The summed E-state index contributed by atoms with van der Waals surface area (Å²) in [6, 6.07) is 0. The van der Waals surface area contributed by atoms with E-state index in [1.165, 1.54) is 0 Å². The highest BCUT2D eigenvalue weighted by Crippen LogP contribution is 2.07. The van der Waals surface area contributed by atoms with Gasteiger partial charge in [0.15, 0.2) is 0 Å². The number of unbranched alkanes of at least 4 members (excludes halogenated alkanes) is 8. The summed E-state index contributed by atoms with van der Waals surface area (Å²) < 4.78 is 0. The van der Waals surface area contributed by atoms with Gasteiger partial charge < -0.3 is 32.7 Å². The van der Waals surface area contributed by atoms with Gasteiger partial charge in [-0.1, -0.05) is 38.5 Å². The second-order valence-corrected chi connectivity index (χ2v) is 6.11. The van der Waals surface area contributed by atoms with E-state index in [1.54, 1.807) is 0 Å². The van der Waals surface area contributed by atoms with Crippen molar-refractivity contribution in [1.29, 1.82) is 0 Å². The lowest BCUT2D eigenvalue weighted by Crippen LogP contribution is -1.95. The van der Waals surface area contributed by atoms with E-state index >= 15 is 0 Å². The van der Waals surface area contributed by atoms with Gasteiger partial charge >= 0.3 is 23.9 Å². The molecule has 0 radical (unpaired) electrons. The van der Waals surface area contributed by atoms with E-state index in [1.807, 2.05) is 0 Å². The molecule has 10 nitrogen and oxygen atoms in total. The van der Waals surface area contributed by atoms with Crippen LogP contribution < -0.4 is 12.3 Å². The maximum atomic E-state index is 10.1. The summed E-state index contributed by atoms with van der Waals surface area (Å²) in [5, 5.41) is 33.2. The van der Waals surface area contributed by atoms with E-state index in [4.69, 9.17) is 20.4 Å². The molecule has 0 rings (SSSR count). The van der Waals surface area contributed by atoms with Gasteiger partial charge in [0.1, 0.15) is 0 Å². The lowest BCUT2D eigenvalue weighted by Gasteiger charge is -1.97. The summed E-state index contributed by atoms with van der Waals surface area (Å²) in [5.74, 6) is -3.04. The molecule has 0 amide bonds. The lowest BCUT2D eigenvalue weighted by molar-refractivity contribution is -0.138. The molecule has 0 aromatic rings. The van der Waals surface area contributed by atoms with Gasteiger partial charge in [-0.2, -0.15) is 0 Å². The molecule has 168 valence electrons. The smallest absolute Gasteiger partial charge is 0.303 e. The number of hydrogen-bond donors (Lipinski definition) is 6. The van der Waals surface area contributed by atoms with Crippen LogP contribution in [0.2, 0.25) is 0 Å². The minimum absolute atomic E-state index is 0. The van der Waals surface area contributed by atoms with Crippen LogP contribution in [0.3, 0.4) is 0 Å². The molecular formula is C18H38N2O8. The molecular weight excluding hydrogens is 372 g/mol. The van der Waals surface area contributed by atoms with Crippen molar-refractivity contribution in [2.24, 2.45) is 0 Å². The SMILES string of the molecule is N.N.O=C(O)CCCCCCCC(=O)O.O=C(O)CCCCCCCC(=O)O. The van der Waals surface area contributed by atoms with Crippen molar-refractivity contribution in [3.8, 4) is 0 Å². The van der Waals surface area contributed by atoms with E-state index < -0.39 is 23.9 Å². The normalized spacial score (nSPS) is 9.14. The molecule has 0 unspecified atom stereocenters. The summed E-state index contributed by atoms with van der Waals surface area (Å²) in [4.78, 5) is 40.4. The highest BCUT2D eigenvalue weighted by atomic mass is 16.4. The van der Waals surface area contributed by atoms with Crippen LogP contribution in [0.1, 0.15) is 89.9 Å². The largest absolute Gasteiger partial charge is 0.481 e. The van der Waals surface area contributed by atoms with Gasteiger partial charge in [-0.05, 0) is 25.7 Å². The first-order valence-corrected chi connectivity index (χ1v) is 9.13. The fraction of sp³-hybridized carbons (Fsp3) is 0.778. The fourth-order valence-corrected chi connectivity index (χ4v) is 2.17. The second kappa shape index (κ2) is 24.8. The second-order valence-electron chi connectivity index (χ2n) is 6.11. The molecule has 0 atom stereocenters. The molecule has 0 aromatic heterocycles. The summed E-state index contributed by atoms with van der Waals surface area (Å²) in [6.45, 7) is 0. The molecule has 0 saturated carbocycles. The van der Waals surface area contributed by atoms with Crippen LogP contribution in [0, 0.1) is 0 Å². The Labute approximate surface area is 166 Å². The van der Waals surface area contributed by atoms with E-state index in [2.05, 4.69) is 0 Å². The molecule has 0 fully saturated rings. The van der Waals surface area contributed by atoms with Crippen LogP contribution in [0.4, 0.5) is 0 Å². The molecule has 0 aliphatic rings. The van der Waals surface area contributed by atoms with E-state index in [0.717, 1.165) is 38.5 Å². The molecule has 0 aromatic carbocycles. The average Bonchev–Trinajstić information content (AvgIpc) is 2.52. The molecule has 0 heterocycles. The van der Waals surface area contributed by atoms with Gasteiger partial charge in [-0.15, -0.1) is 0 Å². The maximum absolute atomic E-state index is 10.1. The average molecular weight is 411 g/mol. The third-order valence-electron chi connectivity index (χ3n) is 3.56. The fourth-order valence-electron chi connectivity index (χ4n) is 2.17. The van der Waals surface area contributed by atoms with Crippen molar-refractivity contribution in [3.63, 3.8) is 0 Å². The standard InChI is InChI=1S/2C9H16O4.2H3N/c2*10-8(11)6-4-2-1-3-5-7-9(12)13;;/h2*1-7H2,(H,10,11)(H,12,13);2*1H3. The van der Waals surface area contributed by atoms with Crippen molar-refractivity contribution < 1.29 is 39.6 Å². The molecule has 0 aliphatic carbocycles. The number of aliphatic carboxylic acids is 4. The Morgan fingerprint density at radius 1 is 0.357 bits per heavy atom. The van der Waals surface area contributed by atoms with Crippen molar-refractivity contribution in [2.45, 2.75) is 89.9 Å². The van der Waals surface area contributed by atoms with Gasteiger partial charge in [0.2, 0.25) is 0 Å². The van der Waals surface area contributed by atoms with Gasteiger partial charge in [-0.3, -0.25) is 19.2 Å². The van der Waals surface area contributed by atoms with Gasteiger partial charge in [-0.25, -0.2) is 0 Å². The molecule has 28 heavy (non-hydrogen) atoms. The quantitative estimate of drug-likeness (QED) is 0.200. The Hall–Kier alpha value is -2.20. The Bertz CT molecular complexity index is 342. The van der Waals surface area contributed by atoms with E-state index in [0.29, 0.717) is 25.7 Å². The van der Waals surface area contributed by atoms with Gasteiger partial charge in [0, 0.05) is 25.7 Å². The number of hydrogen-bond acceptors (Lipinski definition) is 6. The van der Waals surface area contributed by atoms with Crippen molar-refractivity contribution in [1.82, 2.24) is 12.3 Å². The third-order valence-corrected chi connectivity index (χ3v) is 3.56. The minimum Gasteiger partial charge on any atom is -0.481 e. The monoisotopic (exact) mass is 410 g/mol. The zero-order valence-corrected chi connectivity index (χ0v) is 16.7. The summed E-state index contributed by atoms with van der Waals surface area (Å²) in [6.07, 6.45) is 9.06. The zero-order valence-electron chi connectivity index (χ0n) is 16.7. The van der Waals surface area contributed by atoms with E-state index in [-0.39, 0.29) is 38.0 Å². The molecule has 10 heteroatoms. The number of rotatable bonds is 16. The first kappa shape index (κ1) is 33.4. The Morgan fingerprint density at radius 3 is 0.643 bits per heavy atom. The van der Waals surface area contributed by atoms with Crippen LogP contribution in [-0.4, -0.2) is 44.3 Å². The van der Waals surface area contributed by atoms with Crippen molar-refractivity contribution in [3.05, 3.63) is 0 Å². The third kappa shape index (κ3) is 39.0. The highest BCUT2D eigenvalue weighted by Gasteiger charge is 1.99. The summed E-state index contributed by atoms with van der Waals surface area (Å²) in [7, 11) is 0. The maximum Gasteiger partial charge on any atom is 0.303 e. The summed E-state index contributed by atoms with van der Waals surface area (Å²) in [5.41, 5.74) is 0. The Balaban J connectivity index is -0.000000192. The van der Waals surface area contributed by atoms with Crippen LogP contribution in [-0.2, 0) is 19.2 Å². The lowest BCUT2D eigenvalue weighted by atomic mass is 10.1. The predicted octanol–water partition coefficient (Wildman–Crippen LogP) is 4.10. The van der Waals surface area contributed by atoms with Crippen LogP contribution in [0.5, 0.6) is 0 Å². The topological polar surface area (TPSA) is 219 Å². The molecule has 10 N–H and O–H groups in total. The van der Waals surface area contributed by atoms with E-state index in [9.17, 15) is 19.2 Å². The summed E-state index contributed by atoms with van der Waals surface area (Å²) >= 11 is 0. The van der Waals surface area contributed by atoms with Gasteiger partial charge in [0.25, 0.3) is 0 Å². The highest BCUT2D eigenvalue weighted by molar-refractivity contribution is 5.67. The molecule has 0 spiro atoms. The van der Waals surface area contributed by atoms with Crippen molar-refractivity contribution >= 4 is 23.9 Å². The van der Waals surface area contributed by atoms with Crippen LogP contribution >= 0.6 is 0 Å².